The van der Waals surface area contributed by atoms with Crippen molar-refractivity contribution >= 4 is 6.72 Å². The van der Waals surface area contributed by atoms with Crippen molar-refractivity contribution in [2.45, 2.75) is 32.7 Å². The average molecular weight is 140 g/mol. The summed E-state index contributed by atoms with van der Waals surface area (Å²) in [5.41, 5.74) is 3.03. The van der Waals surface area contributed by atoms with Gasteiger partial charge >= 0.3 is 0 Å². The molecule has 1 aliphatic carbocycles. The van der Waals surface area contributed by atoms with E-state index in [0.717, 1.165) is 11.8 Å². The van der Waals surface area contributed by atoms with Crippen molar-refractivity contribution in [3.8, 4) is 0 Å². The van der Waals surface area contributed by atoms with Crippen LogP contribution in [0, 0.1) is 11.8 Å². The minimum Gasteiger partial charge on any atom is -0.307 e. The van der Waals surface area contributed by atoms with Crippen LogP contribution in [0.3, 0.4) is 0 Å². The van der Waals surface area contributed by atoms with Gasteiger partial charge in [-0.3, -0.25) is 0 Å². The van der Waals surface area contributed by atoms with Crippen LogP contribution in [-0.4, -0.2) is 12.8 Å². The van der Waals surface area contributed by atoms with Crippen molar-refractivity contribution in [1.29, 1.82) is 0 Å². The lowest BCUT2D eigenvalue weighted by Crippen LogP contribution is -2.47. The van der Waals surface area contributed by atoms with Crippen LogP contribution in [0.5, 0.6) is 0 Å². The highest BCUT2D eigenvalue weighted by Crippen LogP contribution is 2.36. The Morgan fingerprint density at radius 1 is 1.70 bits per heavy atom. The van der Waals surface area contributed by atoms with Gasteiger partial charge in [0.05, 0.1) is 0 Å². The highest BCUT2D eigenvalue weighted by atomic mass is 15.3. The summed E-state index contributed by atoms with van der Waals surface area (Å²) in [6.07, 6.45) is 2.52. The van der Waals surface area contributed by atoms with E-state index in [-0.39, 0.29) is 0 Å². The van der Waals surface area contributed by atoms with E-state index in [9.17, 15) is 0 Å². The number of nitrogens with zero attached hydrogens (tertiary/aromatic N) is 1. The molecular weight excluding hydrogens is 124 g/mol. The molecule has 0 heterocycles. The Hall–Kier alpha value is -0.530. The number of hydrogen-bond donors (Lipinski definition) is 1. The Bertz CT molecular complexity index is 122. The molecule has 0 aromatic rings. The summed E-state index contributed by atoms with van der Waals surface area (Å²) in [5.74, 6) is 1.70. The fourth-order valence-electron chi connectivity index (χ4n) is 1.90. The Kier molecular flexibility index (Phi) is 2.30. The summed E-state index contributed by atoms with van der Waals surface area (Å²) in [5, 5.41) is 3.69. The van der Waals surface area contributed by atoms with Gasteiger partial charge in [0, 0.05) is 12.8 Å². The lowest BCUT2D eigenvalue weighted by Gasteiger charge is -2.42. The van der Waals surface area contributed by atoms with Gasteiger partial charge in [-0.2, -0.15) is 5.10 Å². The average Bonchev–Trinajstić information content (AvgIpc) is 1.88. The Morgan fingerprint density at radius 2 is 2.40 bits per heavy atom. The molecule has 1 fully saturated rings. The van der Waals surface area contributed by atoms with Crippen LogP contribution < -0.4 is 5.43 Å². The van der Waals surface area contributed by atoms with Crippen molar-refractivity contribution in [1.82, 2.24) is 5.43 Å². The largest absolute Gasteiger partial charge is 0.307 e. The number of nitrogens with one attached hydrogen (secondary N) is 1. The summed E-state index contributed by atoms with van der Waals surface area (Å²) < 4.78 is 0. The molecule has 1 saturated carbocycles. The van der Waals surface area contributed by atoms with Crippen molar-refractivity contribution < 1.29 is 0 Å². The van der Waals surface area contributed by atoms with E-state index in [1.165, 1.54) is 12.8 Å². The number of hydrazone groups is 1. The zero-order valence-electron chi connectivity index (χ0n) is 6.80. The van der Waals surface area contributed by atoms with Gasteiger partial charge in [0.2, 0.25) is 0 Å². The predicted octanol–water partition coefficient (Wildman–Crippen LogP) is 1.63. The summed E-state index contributed by atoms with van der Waals surface area (Å²) in [4.78, 5) is 0. The van der Waals surface area contributed by atoms with E-state index in [2.05, 4.69) is 31.1 Å². The highest BCUT2D eigenvalue weighted by molar-refractivity contribution is 5.22. The van der Waals surface area contributed by atoms with Gasteiger partial charge < -0.3 is 5.43 Å². The van der Waals surface area contributed by atoms with Crippen LogP contribution >= 0.6 is 0 Å². The third-order valence-corrected chi connectivity index (χ3v) is 2.60. The maximum absolute atomic E-state index is 3.69. The molecule has 1 rings (SSSR count). The molecule has 0 aromatic carbocycles. The van der Waals surface area contributed by atoms with Crippen LogP contribution in [0.15, 0.2) is 5.10 Å². The van der Waals surface area contributed by atoms with Crippen LogP contribution in [-0.2, 0) is 0 Å². The lowest BCUT2D eigenvalue weighted by atomic mass is 9.69. The first kappa shape index (κ1) is 7.58. The Labute approximate surface area is 62.7 Å². The van der Waals surface area contributed by atoms with Gasteiger partial charge in [-0.1, -0.05) is 20.3 Å². The summed E-state index contributed by atoms with van der Waals surface area (Å²) in [6, 6.07) is 0.609. The molecule has 0 spiro atoms. The van der Waals surface area contributed by atoms with E-state index < -0.39 is 0 Å². The molecule has 2 unspecified atom stereocenters. The molecule has 0 saturated heterocycles. The van der Waals surface area contributed by atoms with Crippen molar-refractivity contribution in [3.63, 3.8) is 0 Å². The molecular formula is C8H16N2. The topological polar surface area (TPSA) is 24.4 Å². The first-order chi connectivity index (χ1) is 4.79. The van der Waals surface area contributed by atoms with Crippen LogP contribution in [0.1, 0.15) is 26.7 Å². The normalized spacial score (nSPS) is 38.4. The third-order valence-electron chi connectivity index (χ3n) is 2.60. The van der Waals surface area contributed by atoms with Gasteiger partial charge in [0.25, 0.3) is 0 Å². The standard InChI is InChI=1S/C8H16N2/c1-4-7-6(2)5-8(7)10-9-3/h6-8,10H,3-5H2,1-2H3/t6?,7-,8?/m1/s1. The van der Waals surface area contributed by atoms with E-state index in [1.54, 1.807) is 0 Å². The van der Waals surface area contributed by atoms with E-state index >= 15 is 0 Å². The van der Waals surface area contributed by atoms with E-state index in [4.69, 9.17) is 0 Å². The SMILES string of the molecule is C=NNC1CC(C)[C@H]1CC. The van der Waals surface area contributed by atoms with Crippen molar-refractivity contribution in [2.75, 3.05) is 0 Å². The van der Waals surface area contributed by atoms with Crippen LogP contribution in [0.2, 0.25) is 0 Å². The first-order valence-corrected chi connectivity index (χ1v) is 4.00. The maximum Gasteiger partial charge on any atom is 0.0473 e. The van der Waals surface area contributed by atoms with Gasteiger partial charge in [0.15, 0.2) is 0 Å². The smallest absolute Gasteiger partial charge is 0.0473 e. The second-order valence-corrected chi connectivity index (χ2v) is 3.18. The van der Waals surface area contributed by atoms with Gasteiger partial charge in [-0.15, -0.1) is 0 Å². The van der Waals surface area contributed by atoms with Gasteiger partial charge in [0.1, 0.15) is 0 Å². The molecule has 0 aromatic heterocycles. The first-order valence-electron chi connectivity index (χ1n) is 4.00. The van der Waals surface area contributed by atoms with Gasteiger partial charge in [-0.25, -0.2) is 0 Å². The lowest BCUT2D eigenvalue weighted by molar-refractivity contribution is 0.118. The molecule has 1 aliphatic rings. The highest BCUT2D eigenvalue weighted by Gasteiger charge is 2.36. The second kappa shape index (κ2) is 3.04. The van der Waals surface area contributed by atoms with Gasteiger partial charge in [-0.05, 0) is 18.3 Å². The molecule has 0 aliphatic heterocycles. The molecule has 3 atom stereocenters. The predicted molar refractivity (Wildman–Crippen MR) is 44.0 cm³/mol. The maximum atomic E-state index is 3.69. The molecule has 1 N–H and O–H groups in total. The Morgan fingerprint density at radius 3 is 2.80 bits per heavy atom. The molecule has 0 amide bonds. The van der Waals surface area contributed by atoms with E-state index in [1.807, 2.05) is 0 Å². The monoisotopic (exact) mass is 140 g/mol. The molecule has 58 valence electrons. The van der Waals surface area contributed by atoms with Crippen molar-refractivity contribution in [2.24, 2.45) is 16.9 Å². The summed E-state index contributed by atoms with van der Waals surface area (Å²) in [6.45, 7) is 7.95. The zero-order valence-corrected chi connectivity index (χ0v) is 6.80. The fraction of sp³-hybridized carbons (Fsp3) is 0.875. The molecule has 0 radical (unpaired) electrons. The number of rotatable bonds is 3. The van der Waals surface area contributed by atoms with Crippen LogP contribution in [0.4, 0.5) is 0 Å². The second-order valence-electron chi connectivity index (χ2n) is 3.18. The summed E-state index contributed by atoms with van der Waals surface area (Å²) in [7, 11) is 0. The minimum atomic E-state index is 0.609. The zero-order chi connectivity index (χ0) is 7.56. The molecule has 2 nitrogen and oxygen atoms in total. The quantitative estimate of drug-likeness (QED) is 0.467. The van der Waals surface area contributed by atoms with Crippen LogP contribution in [0.25, 0.3) is 0 Å². The Balaban J connectivity index is 2.30. The molecule has 10 heavy (non-hydrogen) atoms. The minimum absolute atomic E-state index is 0.609. The third kappa shape index (κ3) is 1.15. The number of hydrogen-bond acceptors (Lipinski definition) is 2. The van der Waals surface area contributed by atoms with Crippen molar-refractivity contribution in [3.05, 3.63) is 0 Å². The fourth-order valence-corrected chi connectivity index (χ4v) is 1.90. The summed E-state index contributed by atoms with van der Waals surface area (Å²) >= 11 is 0. The molecule has 0 bridgehead atoms. The molecule has 2 heteroatoms. The van der Waals surface area contributed by atoms with E-state index in [0.29, 0.717) is 6.04 Å².